The summed E-state index contributed by atoms with van der Waals surface area (Å²) in [5.74, 6) is 0.556. The lowest BCUT2D eigenvalue weighted by Gasteiger charge is -2.37. The first-order valence-electron chi connectivity index (χ1n) is 6.70. The molecule has 1 aromatic carbocycles. The molecule has 6 heteroatoms. The van der Waals surface area contributed by atoms with Crippen LogP contribution in [0.25, 0.3) is 0 Å². The van der Waals surface area contributed by atoms with E-state index in [0.717, 1.165) is 12.8 Å². The van der Waals surface area contributed by atoms with Crippen molar-refractivity contribution in [1.82, 2.24) is 4.31 Å². The highest BCUT2D eigenvalue weighted by Crippen LogP contribution is 2.33. The Morgan fingerprint density at radius 2 is 2.05 bits per heavy atom. The molecule has 0 spiro atoms. The predicted octanol–water partition coefficient (Wildman–Crippen LogP) is 2.09. The van der Waals surface area contributed by atoms with Crippen LogP contribution in [0.2, 0.25) is 0 Å². The molecule has 0 aromatic heterocycles. The lowest BCUT2D eigenvalue weighted by molar-refractivity contribution is 0.187. The Morgan fingerprint density at radius 3 is 2.60 bits per heavy atom. The average Bonchev–Trinajstić information content (AvgIpc) is 2.37. The van der Waals surface area contributed by atoms with Crippen LogP contribution in [0.4, 0.5) is 5.69 Å². The maximum Gasteiger partial charge on any atom is 0.245 e. The van der Waals surface area contributed by atoms with E-state index in [9.17, 15) is 8.42 Å². The Labute approximate surface area is 120 Å². The van der Waals surface area contributed by atoms with Crippen molar-refractivity contribution in [2.75, 3.05) is 25.9 Å². The fourth-order valence-corrected chi connectivity index (χ4v) is 4.37. The molecule has 0 aliphatic carbocycles. The molecule has 2 N–H and O–H groups in total. The van der Waals surface area contributed by atoms with E-state index in [0.29, 0.717) is 18.8 Å². The van der Waals surface area contributed by atoms with Gasteiger partial charge in [0.05, 0.1) is 12.8 Å². The normalized spacial score (nSPS) is 19.8. The van der Waals surface area contributed by atoms with Gasteiger partial charge >= 0.3 is 0 Å². The van der Waals surface area contributed by atoms with Crippen LogP contribution in [0.5, 0.6) is 5.75 Å². The van der Waals surface area contributed by atoms with Gasteiger partial charge in [-0.2, -0.15) is 4.31 Å². The summed E-state index contributed by atoms with van der Waals surface area (Å²) in [5, 5.41) is 0. The molecule has 20 heavy (non-hydrogen) atoms. The van der Waals surface area contributed by atoms with Crippen molar-refractivity contribution >= 4 is 15.7 Å². The molecule has 0 bridgehead atoms. The quantitative estimate of drug-likeness (QED) is 0.867. The highest BCUT2D eigenvalue weighted by molar-refractivity contribution is 7.89. The molecule has 0 saturated carbocycles. The topological polar surface area (TPSA) is 72.6 Å². The van der Waals surface area contributed by atoms with Gasteiger partial charge in [0.1, 0.15) is 10.6 Å². The van der Waals surface area contributed by atoms with Crippen molar-refractivity contribution in [2.24, 2.45) is 5.41 Å². The fourth-order valence-electron chi connectivity index (χ4n) is 2.60. The van der Waals surface area contributed by atoms with Crippen LogP contribution in [0.15, 0.2) is 23.1 Å². The van der Waals surface area contributed by atoms with Crippen LogP contribution < -0.4 is 10.5 Å². The van der Waals surface area contributed by atoms with Crippen LogP contribution in [-0.4, -0.2) is 32.9 Å². The number of sulfonamides is 1. The molecule has 2 rings (SSSR count). The molecular weight excluding hydrogens is 276 g/mol. The largest absolute Gasteiger partial charge is 0.497 e. The van der Waals surface area contributed by atoms with Crippen molar-refractivity contribution in [1.29, 1.82) is 0 Å². The van der Waals surface area contributed by atoms with Gasteiger partial charge in [0.2, 0.25) is 10.0 Å². The van der Waals surface area contributed by atoms with Gasteiger partial charge in [-0.15, -0.1) is 0 Å². The summed E-state index contributed by atoms with van der Waals surface area (Å²) in [7, 11) is -2.01. The summed E-state index contributed by atoms with van der Waals surface area (Å²) in [6.45, 7) is 5.26. The number of methoxy groups -OCH3 is 1. The standard InChI is InChI=1S/C14H22N2O3S/c1-14(2)7-4-8-16(10-14)20(17,18)13-6-5-11(19-3)9-12(13)15/h5-6,9H,4,7-8,10,15H2,1-3H3. The summed E-state index contributed by atoms with van der Waals surface area (Å²) in [4.78, 5) is 0.163. The number of hydrogen-bond donors (Lipinski definition) is 1. The van der Waals surface area contributed by atoms with E-state index in [1.54, 1.807) is 12.1 Å². The van der Waals surface area contributed by atoms with Gasteiger partial charge in [-0.1, -0.05) is 13.8 Å². The van der Waals surface area contributed by atoms with Crippen molar-refractivity contribution in [3.8, 4) is 5.75 Å². The zero-order valence-electron chi connectivity index (χ0n) is 12.2. The van der Waals surface area contributed by atoms with Gasteiger partial charge in [0, 0.05) is 19.2 Å². The molecular formula is C14H22N2O3S. The molecule has 1 aliphatic heterocycles. The third-order valence-corrected chi connectivity index (χ3v) is 5.62. The minimum Gasteiger partial charge on any atom is -0.497 e. The lowest BCUT2D eigenvalue weighted by atomic mass is 9.85. The van der Waals surface area contributed by atoms with Crippen LogP contribution >= 0.6 is 0 Å². The Balaban J connectivity index is 2.35. The predicted molar refractivity (Wildman–Crippen MR) is 79.2 cm³/mol. The third kappa shape index (κ3) is 2.91. The summed E-state index contributed by atoms with van der Waals surface area (Å²) < 4.78 is 32.0. The number of rotatable bonds is 3. The van der Waals surface area contributed by atoms with Gasteiger partial charge in [-0.05, 0) is 30.4 Å². The fraction of sp³-hybridized carbons (Fsp3) is 0.571. The summed E-state index contributed by atoms with van der Waals surface area (Å²) in [5.41, 5.74) is 6.11. The molecule has 1 heterocycles. The molecule has 1 saturated heterocycles. The molecule has 0 atom stereocenters. The van der Waals surface area contributed by atoms with E-state index in [1.807, 2.05) is 0 Å². The first-order valence-corrected chi connectivity index (χ1v) is 8.14. The number of nitrogens with zero attached hydrogens (tertiary/aromatic N) is 1. The first-order chi connectivity index (χ1) is 9.26. The van der Waals surface area contributed by atoms with E-state index in [2.05, 4.69) is 13.8 Å². The number of nitrogens with two attached hydrogens (primary N) is 1. The SMILES string of the molecule is COc1ccc(S(=O)(=O)N2CCCC(C)(C)C2)c(N)c1. The Bertz CT molecular complexity index is 596. The second kappa shape index (κ2) is 5.26. The average molecular weight is 298 g/mol. The van der Waals surface area contributed by atoms with Gasteiger partial charge in [0.25, 0.3) is 0 Å². The van der Waals surface area contributed by atoms with Crippen molar-refractivity contribution < 1.29 is 13.2 Å². The molecule has 0 amide bonds. The number of hydrogen-bond acceptors (Lipinski definition) is 4. The monoisotopic (exact) mass is 298 g/mol. The van der Waals surface area contributed by atoms with Crippen molar-refractivity contribution in [3.63, 3.8) is 0 Å². The van der Waals surface area contributed by atoms with Gasteiger partial charge in [0.15, 0.2) is 0 Å². The highest BCUT2D eigenvalue weighted by Gasteiger charge is 2.34. The number of anilines is 1. The highest BCUT2D eigenvalue weighted by atomic mass is 32.2. The van der Waals surface area contributed by atoms with E-state index >= 15 is 0 Å². The Morgan fingerprint density at radius 1 is 1.35 bits per heavy atom. The maximum absolute atomic E-state index is 12.7. The summed E-state index contributed by atoms with van der Waals surface area (Å²) >= 11 is 0. The minimum absolute atomic E-state index is 0.00650. The van der Waals surface area contributed by atoms with Crippen molar-refractivity contribution in [2.45, 2.75) is 31.6 Å². The zero-order chi connectivity index (χ0) is 15.0. The van der Waals surface area contributed by atoms with Gasteiger partial charge < -0.3 is 10.5 Å². The van der Waals surface area contributed by atoms with Gasteiger partial charge in [-0.25, -0.2) is 8.42 Å². The Kier molecular flexibility index (Phi) is 3.97. The van der Waals surface area contributed by atoms with Crippen LogP contribution in [-0.2, 0) is 10.0 Å². The summed E-state index contributed by atoms with van der Waals surface area (Å²) in [6, 6.07) is 4.69. The van der Waals surface area contributed by atoms with Crippen molar-refractivity contribution in [3.05, 3.63) is 18.2 Å². The number of piperidine rings is 1. The molecule has 112 valence electrons. The number of ether oxygens (including phenoxy) is 1. The summed E-state index contributed by atoms with van der Waals surface area (Å²) in [6.07, 6.45) is 1.92. The molecule has 1 aromatic rings. The van der Waals surface area contributed by atoms with Crippen LogP contribution in [0, 0.1) is 5.41 Å². The number of nitrogen functional groups attached to an aromatic ring is 1. The third-order valence-electron chi connectivity index (χ3n) is 3.70. The first kappa shape index (κ1) is 15.1. The van der Waals surface area contributed by atoms with Gasteiger partial charge in [-0.3, -0.25) is 0 Å². The van der Waals surface area contributed by atoms with E-state index in [-0.39, 0.29) is 16.0 Å². The second-order valence-corrected chi connectivity index (χ2v) is 7.92. The molecule has 1 aliphatic rings. The van der Waals surface area contributed by atoms with E-state index in [1.165, 1.54) is 17.5 Å². The molecule has 0 unspecified atom stereocenters. The number of benzene rings is 1. The second-order valence-electron chi connectivity index (χ2n) is 6.01. The van der Waals surface area contributed by atoms with E-state index < -0.39 is 10.0 Å². The van der Waals surface area contributed by atoms with Crippen LogP contribution in [0.3, 0.4) is 0 Å². The lowest BCUT2D eigenvalue weighted by Crippen LogP contribution is -2.43. The Hall–Kier alpha value is -1.27. The smallest absolute Gasteiger partial charge is 0.245 e. The molecule has 0 radical (unpaired) electrons. The zero-order valence-corrected chi connectivity index (χ0v) is 13.0. The maximum atomic E-state index is 12.7. The molecule has 5 nitrogen and oxygen atoms in total. The molecule has 1 fully saturated rings. The van der Waals surface area contributed by atoms with Crippen LogP contribution in [0.1, 0.15) is 26.7 Å². The minimum atomic E-state index is -3.54. The van der Waals surface area contributed by atoms with E-state index in [4.69, 9.17) is 10.5 Å².